The maximum Gasteiger partial charge on any atom is 0.262 e. The van der Waals surface area contributed by atoms with Gasteiger partial charge >= 0.3 is 0 Å². The summed E-state index contributed by atoms with van der Waals surface area (Å²) in [6.07, 6.45) is 3.78. The van der Waals surface area contributed by atoms with E-state index in [-0.39, 0.29) is 12.5 Å². The summed E-state index contributed by atoms with van der Waals surface area (Å²) < 4.78 is 7.54. The quantitative estimate of drug-likeness (QED) is 0.595. The van der Waals surface area contributed by atoms with Gasteiger partial charge in [-0.1, -0.05) is 6.07 Å². The molecule has 0 fully saturated rings. The third-order valence-corrected chi connectivity index (χ3v) is 4.59. The minimum absolute atomic E-state index is 0.0451. The lowest BCUT2D eigenvalue weighted by Crippen LogP contribution is -2.25. The van der Waals surface area contributed by atoms with E-state index in [9.17, 15) is 4.79 Å². The predicted molar refractivity (Wildman–Crippen MR) is 103 cm³/mol. The number of benzene rings is 1. The lowest BCUT2D eigenvalue weighted by atomic mass is 10.0. The standard InChI is InChI=1S/C21H16N4O2/c1-13-10-14(7-8-22-13)20-21(25-9-3-2-4-18(25)24-20)15-5-6-17-16(11-15)23-19(26)12-27-17/h2-11H,12H2,1H3,(H,23,26). The zero-order chi connectivity index (χ0) is 18.4. The number of fused-ring (bicyclic) bond motifs is 2. The number of pyridine rings is 2. The van der Waals surface area contributed by atoms with E-state index in [4.69, 9.17) is 9.72 Å². The van der Waals surface area contributed by atoms with E-state index in [0.29, 0.717) is 11.4 Å². The number of imidazole rings is 1. The van der Waals surface area contributed by atoms with Gasteiger partial charge in [0, 0.05) is 29.2 Å². The van der Waals surface area contributed by atoms with E-state index in [2.05, 4.69) is 14.7 Å². The van der Waals surface area contributed by atoms with Crippen LogP contribution >= 0.6 is 0 Å². The summed E-state index contributed by atoms with van der Waals surface area (Å²) in [5.41, 5.74) is 6.23. The van der Waals surface area contributed by atoms with E-state index in [1.54, 1.807) is 6.20 Å². The van der Waals surface area contributed by atoms with Crippen molar-refractivity contribution < 1.29 is 9.53 Å². The number of carbonyl (C=O) groups is 1. The second-order valence-corrected chi connectivity index (χ2v) is 6.47. The number of nitrogens with zero attached hydrogens (tertiary/aromatic N) is 3. The molecule has 6 nitrogen and oxygen atoms in total. The van der Waals surface area contributed by atoms with Crippen molar-refractivity contribution >= 4 is 17.2 Å². The van der Waals surface area contributed by atoms with Crippen molar-refractivity contribution in [2.45, 2.75) is 6.92 Å². The second-order valence-electron chi connectivity index (χ2n) is 6.47. The van der Waals surface area contributed by atoms with Gasteiger partial charge in [-0.15, -0.1) is 0 Å². The largest absolute Gasteiger partial charge is 0.482 e. The first kappa shape index (κ1) is 15.6. The molecule has 4 heterocycles. The normalized spacial score (nSPS) is 13.1. The smallest absolute Gasteiger partial charge is 0.262 e. The number of ether oxygens (including phenoxy) is 1. The predicted octanol–water partition coefficient (Wildman–Crippen LogP) is 3.70. The van der Waals surface area contributed by atoms with Crippen LogP contribution in [0.3, 0.4) is 0 Å². The zero-order valence-corrected chi connectivity index (χ0v) is 14.6. The first-order chi connectivity index (χ1) is 13.2. The van der Waals surface area contributed by atoms with Crippen LogP contribution in [-0.4, -0.2) is 26.9 Å². The number of hydrogen-bond acceptors (Lipinski definition) is 4. The number of carbonyl (C=O) groups excluding carboxylic acids is 1. The first-order valence-electron chi connectivity index (χ1n) is 8.66. The maximum atomic E-state index is 11.7. The summed E-state index contributed by atoms with van der Waals surface area (Å²) in [5, 5.41) is 2.88. The van der Waals surface area contributed by atoms with Crippen LogP contribution in [0.4, 0.5) is 5.69 Å². The summed E-state index contributed by atoms with van der Waals surface area (Å²) >= 11 is 0. The second kappa shape index (κ2) is 5.95. The fourth-order valence-electron chi connectivity index (χ4n) is 3.40. The van der Waals surface area contributed by atoms with Crippen molar-refractivity contribution in [2.24, 2.45) is 0 Å². The first-order valence-corrected chi connectivity index (χ1v) is 8.66. The van der Waals surface area contributed by atoms with Crippen molar-refractivity contribution in [3.05, 3.63) is 66.6 Å². The van der Waals surface area contributed by atoms with E-state index < -0.39 is 0 Å². The van der Waals surface area contributed by atoms with Gasteiger partial charge in [-0.05, 0) is 49.4 Å². The topological polar surface area (TPSA) is 68.5 Å². The maximum absolute atomic E-state index is 11.7. The highest BCUT2D eigenvalue weighted by Crippen LogP contribution is 2.37. The van der Waals surface area contributed by atoms with Gasteiger partial charge in [0.25, 0.3) is 5.91 Å². The van der Waals surface area contributed by atoms with Gasteiger partial charge in [-0.2, -0.15) is 0 Å². The molecule has 0 spiro atoms. The average molecular weight is 356 g/mol. The van der Waals surface area contributed by atoms with Crippen LogP contribution in [0.25, 0.3) is 28.2 Å². The Morgan fingerprint density at radius 2 is 2.04 bits per heavy atom. The fraction of sp³-hybridized carbons (Fsp3) is 0.0952. The highest BCUT2D eigenvalue weighted by Gasteiger charge is 2.20. The summed E-state index contributed by atoms with van der Waals surface area (Å²) in [7, 11) is 0. The molecule has 0 atom stereocenters. The fourth-order valence-corrected chi connectivity index (χ4v) is 3.40. The molecule has 1 aliphatic rings. The molecule has 1 aromatic carbocycles. The molecule has 27 heavy (non-hydrogen) atoms. The zero-order valence-electron chi connectivity index (χ0n) is 14.6. The van der Waals surface area contributed by atoms with Gasteiger partial charge in [0.2, 0.25) is 0 Å². The third-order valence-electron chi connectivity index (χ3n) is 4.59. The number of aromatic nitrogens is 3. The van der Waals surface area contributed by atoms with Crippen LogP contribution in [0.5, 0.6) is 5.75 Å². The van der Waals surface area contributed by atoms with Gasteiger partial charge in [-0.25, -0.2) is 4.98 Å². The molecule has 3 aromatic heterocycles. The van der Waals surface area contributed by atoms with Gasteiger partial charge in [0.1, 0.15) is 11.4 Å². The Kier molecular flexibility index (Phi) is 3.43. The van der Waals surface area contributed by atoms with Gasteiger partial charge in [0.05, 0.1) is 17.1 Å². The highest BCUT2D eigenvalue weighted by molar-refractivity contribution is 5.96. The molecule has 1 amide bonds. The van der Waals surface area contributed by atoms with Gasteiger partial charge in [0.15, 0.2) is 6.61 Å². The summed E-state index contributed by atoms with van der Waals surface area (Å²) in [6, 6.07) is 15.7. The van der Waals surface area contributed by atoms with Crippen LogP contribution in [0.1, 0.15) is 5.69 Å². The lowest BCUT2D eigenvalue weighted by Gasteiger charge is -2.18. The SMILES string of the molecule is Cc1cc(-c2nc3ccccn3c2-c2ccc3c(c2)NC(=O)CO3)ccn1. The third kappa shape index (κ3) is 2.62. The van der Waals surface area contributed by atoms with Crippen LogP contribution < -0.4 is 10.1 Å². The molecule has 4 aromatic rings. The Morgan fingerprint density at radius 1 is 1.11 bits per heavy atom. The number of anilines is 1. The van der Waals surface area contributed by atoms with Gasteiger partial charge < -0.3 is 10.1 Å². The molecule has 1 aliphatic heterocycles. The Hall–Kier alpha value is -3.67. The van der Waals surface area contributed by atoms with E-state index in [1.807, 2.05) is 61.7 Å². The number of rotatable bonds is 2. The minimum Gasteiger partial charge on any atom is -0.482 e. The van der Waals surface area contributed by atoms with Crippen LogP contribution in [0.15, 0.2) is 60.9 Å². The minimum atomic E-state index is -0.150. The molecule has 6 heteroatoms. The molecule has 5 rings (SSSR count). The Labute approximate surface area is 155 Å². The number of hydrogen-bond donors (Lipinski definition) is 1. The Morgan fingerprint density at radius 3 is 2.93 bits per heavy atom. The summed E-state index contributed by atoms with van der Waals surface area (Å²) in [4.78, 5) is 20.8. The summed E-state index contributed by atoms with van der Waals surface area (Å²) in [5.74, 6) is 0.524. The van der Waals surface area contributed by atoms with E-state index in [0.717, 1.165) is 33.9 Å². The molecule has 0 unspecified atom stereocenters. The molecular formula is C21H16N4O2. The molecule has 0 aliphatic carbocycles. The van der Waals surface area contributed by atoms with Crippen molar-refractivity contribution in [1.82, 2.24) is 14.4 Å². The van der Waals surface area contributed by atoms with Gasteiger partial charge in [-0.3, -0.25) is 14.2 Å². The van der Waals surface area contributed by atoms with Crippen molar-refractivity contribution in [3.8, 4) is 28.3 Å². The van der Waals surface area contributed by atoms with Crippen LogP contribution in [0, 0.1) is 6.92 Å². The molecule has 0 bridgehead atoms. The van der Waals surface area contributed by atoms with E-state index in [1.165, 1.54) is 0 Å². The molecular weight excluding hydrogens is 340 g/mol. The van der Waals surface area contributed by atoms with E-state index >= 15 is 0 Å². The average Bonchev–Trinajstić information content (AvgIpc) is 3.07. The Balaban J connectivity index is 1.76. The molecule has 0 radical (unpaired) electrons. The molecule has 1 N–H and O–H groups in total. The van der Waals surface area contributed by atoms with Crippen LogP contribution in [0.2, 0.25) is 0 Å². The molecule has 0 saturated heterocycles. The summed E-state index contributed by atoms with van der Waals surface area (Å²) in [6.45, 7) is 2.01. The van der Waals surface area contributed by atoms with Crippen LogP contribution in [-0.2, 0) is 4.79 Å². The number of amides is 1. The molecule has 132 valence electrons. The molecule has 0 saturated carbocycles. The monoisotopic (exact) mass is 356 g/mol. The van der Waals surface area contributed by atoms with Crippen molar-refractivity contribution in [3.63, 3.8) is 0 Å². The lowest BCUT2D eigenvalue weighted by molar-refractivity contribution is -0.118. The highest BCUT2D eigenvalue weighted by atomic mass is 16.5. The Bertz CT molecular complexity index is 1200. The van der Waals surface area contributed by atoms with Crippen molar-refractivity contribution in [1.29, 1.82) is 0 Å². The number of nitrogens with one attached hydrogen (secondary N) is 1. The van der Waals surface area contributed by atoms with Crippen molar-refractivity contribution in [2.75, 3.05) is 11.9 Å². The number of aryl methyl sites for hydroxylation is 1.